The highest BCUT2D eigenvalue weighted by Crippen LogP contribution is 2.09. The van der Waals surface area contributed by atoms with E-state index in [9.17, 15) is 19.5 Å². The number of aliphatic carboxylic acids is 1. The molecule has 0 fully saturated rings. The number of nitrogens with one attached hydrogen (secondary N) is 2. The molecule has 0 bridgehead atoms. The second-order valence-corrected chi connectivity index (χ2v) is 6.13. The summed E-state index contributed by atoms with van der Waals surface area (Å²) in [6.45, 7) is 3.56. The lowest BCUT2D eigenvalue weighted by atomic mass is 10.1. The first-order valence-electron chi connectivity index (χ1n) is 8.28. The normalized spacial score (nSPS) is 11.5. The van der Waals surface area contributed by atoms with Crippen LogP contribution in [0.3, 0.4) is 0 Å². The lowest BCUT2D eigenvalue weighted by Crippen LogP contribution is -2.46. The SMILES string of the molecule is Cc1ccc(C(=O)NCC(=O)N[C@H](Cc2ccccc2)C(=O)O)cc1C. The number of hydrogen-bond donors (Lipinski definition) is 3. The molecule has 0 aliphatic rings. The molecule has 0 saturated carbocycles. The first-order valence-corrected chi connectivity index (χ1v) is 8.28. The van der Waals surface area contributed by atoms with Gasteiger partial charge in [0.15, 0.2) is 0 Å². The van der Waals surface area contributed by atoms with Crippen molar-refractivity contribution >= 4 is 17.8 Å². The van der Waals surface area contributed by atoms with Crippen molar-refractivity contribution in [3.05, 3.63) is 70.8 Å². The summed E-state index contributed by atoms with van der Waals surface area (Å²) >= 11 is 0. The molecule has 0 radical (unpaired) electrons. The Balaban J connectivity index is 1.90. The van der Waals surface area contributed by atoms with Crippen LogP contribution in [0.15, 0.2) is 48.5 Å². The lowest BCUT2D eigenvalue weighted by Gasteiger charge is -2.15. The van der Waals surface area contributed by atoms with E-state index >= 15 is 0 Å². The van der Waals surface area contributed by atoms with Crippen LogP contribution in [0, 0.1) is 13.8 Å². The fourth-order valence-corrected chi connectivity index (χ4v) is 2.44. The van der Waals surface area contributed by atoms with Crippen LogP contribution < -0.4 is 10.6 Å². The van der Waals surface area contributed by atoms with Gasteiger partial charge in [0.05, 0.1) is 6.54 Å². The summed E-state index contributed by atoms with van der Waals surface area (Å²) in [7, 11) is 0. The van der Waals surface area contributed by atoms with E-state index in [4.69, 9.17) is 0 Å². The molecule has 1 atom stereocenters. The summed E-state index contributed by atoms with van der Waals surface area (Å²) in [5.74, 6) is -2.05. The molecule has 2 amide bonds. The van der Waals surface area contributed by atoms with Gasteiger partial charge in [0.1, 0.15) is 6.04 Å². The minimum absolute atomic E-state index is 0.174. The maximum Gasteiger partial charge on any atom is 0.326 e. The van der Waals surface area contributed by atoms with Crippen LogP contribution in [0.5, 0.6) is 0 Å². The van der Waals surface area contributed by atoms with Crippen molar-refractivity contribution < 1.29 is 19.5 Å². The Kier molecular flexibility index (Phi) is 6.49. The summed E-state index contributed by atoms with van der Waals surface area (Å²) in [5.41, 5.74) is 3.32. The summed E-state index contributed by atoms with van der Waals surface area (Å²) in [5, 5.41) is 14.2. The number of carboxylic acid groups (broad SMARTS) is 1. The summed E-state index contributed by atoms with van der Waals surface area (Å²) < 4.78 is 0. The van der Waals surface area contributed by atoms with E-state index in [-0.39, 0.29) is 18.9 Å². The molecule has 0 aromatic heterocycles. The average molecular weight is 354 g/mol. The molecule has 0 unspecified atom stereocenters. The van der Waals surface area contributed by atoms with E-state index < -0.39 is 17.9 Å². The first-order chi connectivity index (χ1) is 12.4. The highest BCUT2D eigenvalue weighted by molar-refractivity contribution is 5.97. The zero-order chi connectivity index (χ0) is 19.1. The number of hydrogen-bond acceptors (Lipinski definition) is 3. The molecule has 2 aromatic rings. The van der Waals surface area contributed by atoms with Gasteiger partial charge in [0, 0.05) is 12.0 Å². The summed E-state index contributed by atoms with van der Waals surface area (Å²) in [4.78, 5) is 35.5. The number of carbonyl (C=O) groups is 3. The minimum Gasteiger partial charge on any atom is -0.480 e. The second kappa shape index (κ2) is 8.80. The Bertz CT molecular complexity index is 803. The third kappa shape index (κ3) is 5.44. The van der Waals surface area contributed by atoms with Gasteiger partial charge in [-0.15, -0.1) is 0 Å². The third-order valence-electron chi connectivity index (χ3n) is 4.09. The molecule has 2 aromatic carbocycles. The molecule has 3 N–H and O–H groups in total. The van der Waals surface area contributed by atoms with E-state index in [1.54, 1.807) is 36.4 Å². The monoisotopic (exact) mass is 354 g/mol. The number of aryl methyl sites for hydroxylation is 2. The van der Waals surface area contributed by atoms with E-state index in [0.717, 1.165) is 16.7 Å². The van der Waals surface area contributed by atoms with Crippen molar-refractivity contribution in [2.75, 3.05) is 6.54 Å². The van der Waals surface area contributed by atoms with Gasteiger partial charge in [-0.05, 0) is 42.7 Å². The lowest BCUT2D eigenvalue weighted by molar-refractivity contribution is -0.141. The maximum absolute atomic E-state index is 12.1. The standard InChI is InChI=1S/C20H22N2O4/c1-13-8-9-16(10-14(13)2)19(24)21-12-18(23)22-17(20(25)26)11-15-6-4-3-5-7-15/h3-10,17H,11-12H2,1-2H3,(H,21,24)(H,22,23)(H,25,26)/t17-/m1/s1. The molecule has 26 heavy (non-hydrogen) atoms. The van der Waals surface area contributed by atoms with Crippen LogP contribution in [0.4, 0.5) is 0 Å². The minimum atomic E-state index is -1.12. The van der Waals surface area contributed by atoms with Crippen LogP contribution in [0.2, 0.25) is 0 Å². The van der Waals surface area contributed by atoms with Crippen molar-refractivity contribution in [3.8, 4) is 0 Å². The quantitative estimate of drug-likeness (QED) is 0.707. The molecule has 0 aliphatic heterocycles. The topological polar surface area (TPSA) is 95.5 Å². The van der Waals surface area contributed by atoms with Gasteiger partial charge in [0.2, 0.25) is 5.91 Å². The highest BCUT2D eigenvalue weighted by atomic mass is 16.4. The molecular formula is C20H22N2O4. The summed E-state index contributed by atoms with van der Waals surface area (Å²) in [6.07, 6.45) is 0.174. The second-order valence-electron chi connectivity index (χ2n) is 6.13. The Labute approximate surface area is 152 Å². The van der Waals surface area contributed by atoms with Crippen LogP contribution in [-0.2, 0) is 16.0 Å². The summed E-state index contributed by atoms with van der Waals surface area (Å²) in [6, 6.07) is 13.3. The Morgan fingerprint density at radius 2 is 1.69 bits per heavy atom. The molecule has 136 valence electrons. The van der Waals surface area contributed by atoms with Crippen LogP contribution in [0.25, 0.3) is 0 Å². The fraction of sp³-hybridized carbons (Fsp3) is 0.250. The zero-order valence-electron chi connectivity index (χ0n) is 14.8. The molecule has 6 nitrogen and oxygen atoms in total. The first kappa shape index (κ1) is 19.2. The Morgan fingerprint density at radius 1 is 1.00 bits per heavy atom. The molecule has 0 spiro atoms. The predicted molar refractivity (Wildman–Crippen MR) is 98.0 cm³/mol. The molecule has 6 heteroatoms. The number of amides is 2. The highest BCUT2D eigenvalue weighted by Gasteiger charge is 2.20. The Hall–Kier alpha value is -3.15. The maximum atomic E-state index is 12.1. The van der Waals surface area contributed by atoms with Gasteiger partial charge in [-0.2, -0.15) is 0 Å². The van der Waals surface area contributed by atoms with Gasteiger partial charge < -0.3 is 15.7 Å². The third-order valence-corrected chi connectivity index (χ3v) is 4.09. The van der Waals surface area contributed by atoms with Gasteiger partial charge in [0.25, 0.3) is 5.91 Å². The van der Waals surface area contributed by atoms with Gasteiger partial charge >= 0.3 is 5.97 Å². The molecule has 2 rings (SSSR count). The molecule has 0 aliphatic carbocycles. The van der Waals surface area contributed by atoms with E-state index in [2.05, 4.69) is 10.6 Å². The van der Waals surface area contributed by atoms with E-state index in [1.807, 2.05) is 26.0 Å². The van der Waals surface area contributed by atoms with Crippen molar-refractivity contribution in [2.45, 2.75) is 26.3 Å². The van der Waals surface area contributed by atoms with E-state index in [1.165, 1.54) is 0 Å². The van der Waals surface area contributed by atoms with Crippen molar-refractivity contribution in [3.63, 3.8) is 0 Å². The average Bonchev–Trinajstić information content (AvgIpc) is 2.62. The van der Waals surface area contributed by atoms with Crippen molar-refractivity contribution in [1.82, 2.24) is 10.6 Å². The van der Waals surface area contributed by atoms with Crippen LogP contribution >= 0.6 is 0 Å². The number of carbonyl (C=O) groups excluding carboxylic acids is 2. The fourth-order valence-electron chi connectivity index (χ4n) is 2.44. The van der Waals surface area contributed by atoms with Gasteiger partial charge in [-0.1, -0.05) is 36.4 Å². The predicted octanol–water partition coefficient (Wildman–Crippen LogP) is 1.85. The van der Waals surface area contributed by atoms with Crippen LogP contribution in [-0.4, -0.2) is 35.5 Å². The Morgan fingerprint density at radius 3 is 2.31 bits per heavy atom. The van der Waals surface area contributed by atoms with Crippen molar-refractivity contribution in [1.29, 1.82) is 0 Å². The number of benzene rings is 2. The molecular weight excluding hydrogens is 332 g/mol. The number of carboxylic acids is 1. The molecule has 0 heterocycles. The van der Waals surface area contributed by atoms with Crippen molar-refractivity contribution in [2.24, 2.45) is 0 Å². The van der Waals surface area contributed by atoms with Gasteiger partial charge in [-0.25, -0.2) is 4.79 Å². The largest absolute Gasteiger partial charge is 0.480 e. The van der Waals surface area contributed by atoms with Gasteiger partial charge in [-0.3, -0.25) is 9.59 Å². The zero-order valence-corrected chi connectivity index (χ0v) is 14.8. The molecule has 0 saturated heterocycles. The van der Waals surface area contributed by atoms with Crippen LogP contribution in [0.1, 0.15) is 27.0 Å². The number of rotatable bonds is 7. The smallest absolute Gasteiger partial charge is 0.326 e. The van der Waals surface area contributed by atoms with E-state index in [0.29, 0.717) is 5.56 Å².